The highest BCUT2D eigenvalue weighted by Gasteiger charge is 2.36. The third-order valence-electron chi connectivity index (χ3n) is 4.93. The molecule has 0 radical (unpaired) electrons. The van der Waals surface area contributed by atoms with E-state index in [-0.39, 0.29) is 4.75 Å². The Kier molecular flexibility index (Phi) is 5.23. The van der Waals surface area contributed by atoms with Crippen molar-refractivity contribution in [3.05, 3.63) is 46.7 Å². The second kappa shape index (κ2) is 7.00. The lowest BCUT2D eigenvalue weighted by Gasteiger charge is -2.21. The molecule has 2 atom stereocenters. The second-order valence-electron chi connectivity index (χ2n) is 8.09. The number of halogens is 3. The first kappa shape index (κ1) is 19.4. The summed E-state index contributed by atoms with van der Waals surface area (Å²) in [4.78, 5) is 2.18. The standard InChI is InChI=1S/C19H25F3N2OS/c1-18(2,3)26(25)23-17-8-7-14-11-24(12-16(14)17)10-13-5-4-6-15(9-13)19(20,21)22/h4-6,9,14,23H,7-8,10-12H2,1-3H3/t14-,26-/m0/s1. The minimum Gasteiger partial charge on any atom is -0.309 e. The lowest BCUT2D eigenvalue weighted by atomic mass is 10.1. The van der Waals surface area contributed by atoms with Crippen LogP contribution in [0, 0.1) is 5.92 Å². The predicted molar refractivity (Wildman–Crippen MR) is 97.5 cm³/mol. The van der Waals surface area contributed by atoms with Gasteiger partial charge in [0.15, 0.2) is 0 Å². The zero-order valence-corrected chi connectivity index (χ0v) is 16.1. The number of nitrogens with one attached hydrogen (secondary N) is 1. The minimum atomic E-state index is -4.31. The Hall–Kier alpha value is -1.34. The van der Waals surface area contributed by atoms with Crippen LogP contribution in [0.2, 0.25) is 0 Å². The second-order valence-corrected chi connectivity index (χ2v) is 10.1. The van der Waals surface area contributed by atoms with Crippen molar-refractivity contribution in [1.82, 2.24) is 9.62 Å². The minimum absolute atomic E-state index is 0.331. The summed E-state index contributed by atoms with van der Waals surface area (Å²) < 4.78 is 53.8. The smallest absolute Gasteiger partial charge is 0.309 e. The molecular weight excluding hydrogens is 361 g/mol. The van der Waals surface area contributed by atoms with Gasteiger partial charge < -0.3 is 4.72 Å². The molecule has 1 N–H and O–H groups in total. The molecule has 3 rings (SSSR count). The average molecular weight is 386 g/mol. The van der Waals surface area contributed by atoms with Crippen molar-refractivity contribution < 1.29 is 17.4 Å². The maximum Gasteiger partial charge on any atom is 0.416 e. The van der Waals surface area contributed by atoms with E-state index < -0.39 is 22.7 Å². The van der Waals surface area contributed by atoms with Gasteiger partial charge in [-0.15, -0.1) is 0 Å². The fourth-order valence-electron chi connectivity index (χ4n) is 3.55. The first-order valence-electron chi connectivity index (χ1n) is 8.83. The number of likely N-dealkylation sites (tertiary alicyclic amines) is 1. The van der Waals surface area contributed by atoms with E-state index in [0.717, 1.165) is 37.7 Å². The van der Waals surface area contributed by atoms with Crippen molar-refractivity contribution in [3.8, 4) is 0 Å². The fraction of sp³-hybridized carbons (Fsp3) is 0.579. The Bertz CT molecular complexity index is 737. The molecule has 7 heteroatoms. The number of alkyl halides is 3. The van der Waals surface area contributed by atoms with Crippen LogP contribution in [0.5, 0.6) is 0 Å². The van der Waals surface area contributed by atoms with E-state index in [1.165, 1.54) is 17.7 Å². The predicted octanol–water partition coefficient (Wildman–Crippen LogP) is 4.24. The summed E-state index contributed by atoms with van der Waals surface area (Å²) in [6, 6.07) is 5.55. The SMILES string of the molecule is CC(C)(C)[S@](=O)NC1=C2CN(Cc3cccc(C(F)(F)F)c3)C[C@@H]2CC1. The molecule has 144 valence electrons. The van der Waals surface area contributed by atoms with Gasteiger partial charge in [-0.2, -0.15) is 13.2 Å². The van der Waals surface area contributed by atoms with Gasteiger partial charge in [0.2, 0.25) is 0 Å². The summed E-state index contributed by atoms with van der Waals surface area (Å²) in [5.74, 6) is 0.417. The Morgan fingerprint density at radius 2 is 2.00 bits per heavy atom. The van der Waals surface area contributed by atoms with E-state index in [2.05, 4.69) is 9.62 Å². The molecule has 0 unspecified atom stereocenters. The molecule has 1 aliphatic carbocycles. The van der Waals surface area contributed by atoms with Gasteiger partial charge in [-0.25, -0.2) is 4.21 Å². The van der Waals surface area contributed by atoms with Gasteiger partial charge in [0.05, 0.1) is 10.3 Å². The molecule has 0 bridgehead atoms. The van der Waals surface area contributed by atoms with Crippen LogP contribution in [-0.4, -0.2) is 26.9 Å². The molecule has 2 aliphatic rings. The van der Waals surface area contributed by atoms with Gasteiger partial charge in [0.25, 0.3) is 0 Å². The van der Waals surface area contributed by atoms with Crippen LogP contribution in [0.15, 0.2) is 35.5 Å². The van der Waals surface area contributed by atoms with Crippen LogP contribution in [-0.2, 0) is 23.7 Å². The average Bonchev–Trinajstić information content (AvgIpc) is 3.07. The van der Waals surface area contributed by atoms with Gasteiger partial charge in [-0.1, -0.05) is 18.2 Å². The molecule has 0 amide bonds. The third-order valence-corrected chi connectivity index (χ3v) is 6.47. The summed E-state index contributed by atoms with van der Waals surface area (Å²) in [6.45, 7) is 7.87. The Morgan fingerprint density at radius 3 is 2.65 bits per heavy atom. The molecule has 0 saturated carbocycles. The molecule has 1 aromatic rings. The van der Waals surface area contributed by atoms with Gasteiger partial charge in [0.1, 0.15) is 11.0 Å². The molecule has 1 heterocycles. The highest BCUT2D eigenvalue weighted by Crippen LogP contribution is 2.38. The van der Waals surface area contributed by atoms with Crippen LogP contribution >= 0.6 is 0 Å². The molecule has 0 aromatic heterocycles. The van der Waals surface area contributed by atoms with E-state index in [1.807, 2.05) is 20.8 Å². The summed E-state index contributed by atoms with van der Waals surface area (Å²) in [7, 11) is -1.15. The molecule has 1 aromatic carbocycles. The van der Waals surface area contributed by atoms with Crippen LogP contribution in [0.25, 0.3) is 0 Å². The highest BCUT2D eigenvalue weighted by atomic mass is 32.2. The Morgan fingerprint density at radius 1 is 1.27 bits per heavy atom. The molecule has 26 heavy (non-hydrogen) atoms. The van der Waals surface area contributed by atoms with Crippen LogP contribution in [0.4, 0.5) is 13.2 Å². The lowest BCUT2D eigenvalue weighted by Crippen LogP contribution is -2.33. The largest absolute Gasteiger partial charge is 0.416 e. The van der Waals surface area contributed by atoms with Crippen LogP contribution < -0.4 is 4.72 Å². The number of nitrogens with zero attached hydrogens (tertiary/aromatic N) is 1. The summed E-state index contributed by atoms with van der Waals surface area (Å²) >= 11 is 0. The Balaban J connectivity index is 1.69. The maximum absolute atomic E-state index is 12.9. The van der Waals surface area contributed by atoms with E-state index in [1.54, 1.807) is 6.07 Å². The summed E-state index contributed by atoms with van der Waals surface area (Å²) in [6.07, 6.45) is -2.40. The Labute approximate surface area is 155 Å². The van der Waals surface area contributed by atoms with Gasteiger partial charge in [0, 0.05) is 25.3 Å². The molecule has 1 aliphatic heterocycles. The number of hydrogen-bond acceptors (Lipinski definition) is 2. The normalized spacial score (nSPS) is 22.6. The molecule has 3 nitrogen and oxygen atoms in total. The number of benzene rings is 1. The third kappa shape index (κ3) is 4.31. The van der Waals surface area contributed by atoms with E-state index >= 15 is 0 Å². The first-order chi connectivity index (χ1) is 12.0. The van der Waals surface area contributed by atoms with E-state index in [0.29, 0.717) is 18.0 Å². The summed E-state index contributed by atoms with van der Waals surface area (Å²) in [5, 5.41) is 0. The van der Waals surface area contributed by atoms with Crippen LogP contribution in [0.3, 0.4) is 0 Å². The molecule has 1 saturated heterocycles. The fourth-order valence-corrected chi connectivity index (χ4v) is 4.31. The van der Waals surface area contributed by atoms with Gasteiger partial charge in [-0.05, 0) is 56.7 Å². The number of rotatable bonds is 4. The molecule has 1 fully saturated rings. The zero-order chi connectivity index (χ0) is 19.1. The quantitative estimate of drug-likeness (QED) is 0.840. The lowest BCUT2D eigenvalue weighted by molar-refractivity contribution is -0.137. The van der Waals surface area contributed by atoms with Crippen molar-refractivity contribution in [2.45, 2.75) is 51.1 Å². The number of hydrogen-bond donors (Lipinski definition) is 1. The van der Waals surface area contributed by atoms with Crippen molar-refractivity contribution >= 4 is 11.0 Å². The highest BCUT2D eigenvalue weighted by molar-refractivity contribution is 7.84. The monoisotopic (exact) mass is 386 g/mol. The van der Waals surface area contributed by atoms with Crippen molar-refractivity contribution in [2.24, 2.45) is 5.92 Å². The number of allylic oxidation sites excluding steroid dienone is 1. The van der Waals surface area contributed by atoms with Crippen molar-refractivity contribution in [1.29, 1.82) is 0 Å². The van der Waals surface area contributed by atoms with E-state index in [4.69, 9.17) is 0 Å². The molecular formula is C19H25F3N2OS. The molecule has 0 spiro atoms. The van der Waals surface area contributed by atoms with Crippen molar-refractivity contribution in [3.63, 3.8) is 0 Å². The van der Waals surface area contributed by atoms with Crippen molar-refractivity contribution in [2.75, 3.05) is 13.1 Å². The van der Waals surface area contributed by atoms with Gasteiger partial charge in [-0.3, -0.25) is 4.90 Å². The summed E-state index contributed by atoms with van der Waals surface area (Å²) in [5.41, 5.74) is 2.41. The maximum atomic E-state index is 12.9. The van der Waals surface area contributed by atoms with Gasteiger partial charge >= 0.3 is 6.18 Å². The topological polar surface area (TPSA) is 32.3 Å². The zero-order valence-electron chi connectivity index (χ0n) is 15.3. The van der Waals surface area contributed by atoms with Crippen LogP contribution in [0.1, 0.15) is 44.7 Å². The number of fused-ring (bicyclic) bond motifs is 1. The first-order valence-corrected chi connectivity index (χ1v) is 9.98. The van der Waals surface area contributed by atoms with E-state index in [9.17, 15) is 17.4 Å².